The van der Waals surface area contributed by atoms with Crippen LogP contribution in [0.25, 0.3) is 16.6 Å². The van der Waals surface area contributed by atoms with Gasteiger partial charge in [0, 0.05) is 57.2 Å². The molecule has 1 aromatic carbocycles. The first-order valence-corrected chi connectivity index (χ1v) is 13.5. The predicted octanol–water partition coefficient (Wildman–Crippen LogP) is 4.59. The van der Waals surface area contributed by atoms with Crippen molar-refractivity contribution in [2.75, 3.05) is 49.3 Å². The highest BCUT2D eigenvalue weighted by Crippen LogP contribution is 2.34. The van der Waals surface area contributed by atoms with Crippen molar-refractivity contribution in [3.05, 3.63) is 47.5 Å². The molecule has 1 atom stereocenters. The molecular weight excluding hydrogens is 508 g/mol. The molecule has 1 unspecified atom stereocenters. The Kier molecular flexibility index (Phi) is 6.85. The second kappa shape index (κ2) is 10.0. The smallest absolute Gasteiger partial charge is 0.410 e. The van der Waals surface area contributed by atoms with E-state index >= 15 is 0 Å². The minimum atomic E-state index is -0.540. The molecule has 0 aliphatic carbocycles. The lowest BCUT2D eigenvalue weighted by atomic mass is 10.1. The molecule has 1 aliphatic rings. The number of nitrogens with zero attached hydrogens (tertiary/aromatic N) is 6. The quantitative estimate of drug-likeness (QED) is 0.377. The third-order valence-corrected chi connectivity index (χ3v) is 7.09. The summed E-state index contributed by atoms with van der Waals surface area (Å²) in [6.45, 7) is 11.0. The molecule has 4 aromatic rings. The molecule has 0 saturated carbocycles. The van der Waals surface area contributed by atoms with Crippen LogP contribution in [0.1, 0.15) is 48.9 Å². The number of fused-ring (bicyclic) bond motifs is 2. The van der Waals surface area contributed by atoms with E-state index in [4.69, 9.17) is 4.74 Å². The van der Waals surface area contributed by atoms with Crippen LogP contribution in [0, 0.1) is 13.8 Å². The number of aromatic nitrogens is 4. The van der Waals surface area contributed by atoms with Crippen molar-refractivity contribution in [2.24, 2.45) is 0 Å². The number of imidazole rings is 1. The van der Waals surface area contributed by atoms with Gasteiger partial charge in [-0.1, -0.05) is 0 Å². The zero-order valence-electron chi connectivity index (χ0n) is 24.5. The summed E-state index contributed by atoms with van der Waals surface area (Å²) in [6.07, 6.45) is 4.20. The van der Waals surface area contributed by atoms with Gasteiger partial charge in [0.1, 0.15) is 5.60 Å². The first kappa shape index (κ1) is 27.3. The van der Waals surface area contributed by atoms with Crippen molar-refractivity contribution in [3.63, 3.8) is 0 Å². The van der Waals surface area contributed by atoms with Crippen LogP contribution in [-0.4, -0.2) is 82.1 Å². The minimum absolute atomic E-state index is 0.0339. The van der Waals surface area contributed by atoms with Crippen molar-refractivity contribution in [1.29, 1.82) is 0 Å². The third-order valence-electron chi connectivity index (χ3n) is 7.09. The van der Waals surface area contributed by atoms with Gasteiger partial charge in [-0.2, -0.15) is 0 Å². The summed E-state index contributed by atoms with van der Waals surface area (Å²) in [7, 11) is 5.59. The molecule has 2 amide bonds. The molecule has 5 rings (SSSR count). The molecule has 0 bridgehead atoms. The number of rotatable bonds is 5. The largest absolute Gasteiger partial charge is 0.444 e. The van der Waals surface area contributed by atoms with Gasteiger partial charge in [0.25, 0.3) is 5.91 Å². The Bertz CT molecular complexity index is 1600. The molecule has 3 aromatic heterocycles. The molecule has 1 fully saturated rings. The van der Waals surface area contributed by atoms with Crippen LogP contribution in [0.15, 0.2) is 30.6 Å². The lowest BCUT2D eigenvalue weighted by molar-refractivity contribution is 0.0237. The zero-order chi connectivity index (χ0) is 28.9. The van der Waals surface area contributed by atoms with E-state index in [1.54, 1.807) is 18.1 Å². The predicted molar refractivity (Wildman–Crippen MR) is 158 cm³/mol. The Hall–Kier alpha value is -4.28. The maximum absolute atomic E-state index is 13.5. The SMILES string of the molecule is Cc1cn2cc(NC(=O)c3ccc(N4CCC(N(C)C(=O)OC(C)(C)C)C4)c4cc(C)[nH]c34)nc(N(C)C)c2n1. The van der Waals surface area contributed by atoms with Gasteiger partial charge in [-0.15, -0.1) is 0 Å². The molecule has 11 nitrogen and oxygen atoms in total. The van der Waals surface area contributed by atoms with Crippen molar-refractivity contribution in [3.8, 4) is 0 Å². The van der Waals surface area contributed by atoms with Crippen LogP contribution in [0.5, 0.6) is 0 Å². The van der Waals surface area contributed by atoms with Crippen molar-refractivity contribution in [1.82, 2.24) is 24.3 Å². The first-order valence-electron chi connectivity index (χ1n) is 13.5. The number of hydrogen-bond acceptors (Lipinski definition) is 7. The van der Waals surface area contributed by atoms with Crippen LogP contribution in [0.3, 0.4) is 0 Å². The maximum Gasteiger partial charge on any atom is 0.410 e. The van der Waals surface area contributed by atoms with Crippen LogP contribution < -0.4 is 15.1 Å². The standard InChI is InChI=1S/C29H38N8O3/c1-17-13-21-22(36-12-11-19(15-36)35(8)28(39)40-29(3,4)5)10-9-20(24(21)30-17)27(38)33-23-16-37-14-18(2)31-26(37)25(32-23)34(6)7/h9-10,13-14,16,19,30H,11-12,15H2,1-8H3,(H,33,38). The Labute approximate surface area is 234 Å². The number of likely N-dealkylation sites (N-methyl/N-ethyl adjacent to an activating group) is 1. The number of benzene rings is 1. The molecule has 40 heavy (non-hydrogen) atoms. The third kappa shape index (κ3) is 5.28. The fourth-order valence-corrected chi connectivity index (χ4v) is 5.21. The second-order valence-corrected chi connectivity index (χ2v) is 11.8. The number of hydrogen-bond donors (Lipinski definition) is 2. The van der Waals surface area contributed by atoms with Gasteiger partial charge in [-0.25, -0.2) is 14.8 Å². The average molecular weight is 547 g/mol. The average Bonchev–Trinajstić information content (AvgIpc) is 3.58. The van der Waals surface area contributed by atoms with Gasteiger partial charge in [0.05, 0.1) is 29.0 Å². The van der Waals surface area contributed by atoms with Crippen LogP contribution >= 0.6 is 0 Å². The monoisotopic (exact) mass is 546 g/mol. The molecule has 212 valence electrons. The number of aryl methyl sites for hydroxylation is 2. The van der Waals surface area contributed by atoms with Gasteiger partial charge in [-0.3, -0.25) is 4.79 Å². The summed E-state index contributed by atoms with van der Waals surface area (Å²) in [5.41, 5.74) is 4.35. The Balaban J connectivity index is 1.40. The minimum Gasteiger partial charge on any atom is -0.444 e. The molecule has 4 heterocycles. The van der Waals surface area contributed by atoms with E-state index in [1.165, 1.54) is 0 Å². The number of carbonyl (C=O) groups excluding carboxylic acids is 2. The number of aromatic amines is 1. The van der Waals surface area contributed by atoms with E-state index in [9.17, 15) is 9.59 Å². The molecular formula is C29H38N8O3. The number of amides is 2. The fourth-order valence-electron chi connectivity index (χ4n) is 5.21. The summed E-state index contributed by atoms with van der Waals surface area (Å²) in [5, 5.41) is 3.95. The fraction of sp³-hybridized carbons (Fsp3) is 0.448. The summed E-state index contributed by atoms with van der Waals surface area (Å²) >= 11 is 0. The van der Waals surface area contributed by atoms with Gasteiger partial charge in [-0.05, 0) is 59.2 Å². The highest BCUT2D eigenvalue weighted by atomic mass is 16.6. The van der Waals surface area contributed by atoms with E-state index in [0.29, 0.717) is 23.7 Å². The van der Waals surface area contributed by atoms with Crippen LogP contribution in [0.2, 0.25) is 0 Å². The Morgan fingerprint density at radius 2 is 1.88 bits per heavy atom. The second-order valence-electron chi connectivity index (χ2n) is 11.8. The number of nitrogens with one attached hydrogen (secondary N) is 2. The topological polar surface area (TPSA) is 111 Å². The lowest BCUT2D eigenvalue weighted by Crippen LogP contribution is -2.42. The number of anilines is 3. The normalized spacial score (nSPS) is 15.6. The van der Waals surface area contributed by atoms with E-state index in [0.717, 1.165) is 46.6 Å². The molecule has 1 saturated heterocycles. The van der Waals surface area contributed by atoms with Gasteiger partial charge < -0.3 is 34.1 Å². The van der Waals surface area contributed by atoms with Gasteiger partial charge in [0.15, 0.2) is 17.3 Å². The van der Waals surface area contributed by atoms with Crippen molar-refractivity contribution >= 4 is 45.9 Å². The van der Waals surface area contributed by atoms with Gasteiger partial charge in [0.2, 0.25) is 0 Å². The zero-order valence-corrected chi connectivity index (χ0v) is 24.5. The highest BCUT2D eigenvalue weighted by Gasteiger charge is 2.32. The van der Waals surface area contributed by atoms with E-state index in [2.05, 4.69) is 31.2 Å². The molecule has 0 spiro atoms. The van der Waals surface area contributed by atoms with E-state index < -0.39 is 5.60 Å². The van der Waals surface area contributed by atoms with Crippen LogP contribution in [0.4, 0.5) is 22.1 Å². The Morgan fingerprint density at radius 3 is 2.58 bits per heavy atom. The number of H-pyrrole nitrogens is 1. The summed E-state index contributed by atoms with van der Waals surface area (Å²) in [6, 6.07) is 5.93. The first-order chi connectivity index (χ1) is 18.8. The maximum atomic E-state index is 13.5. The molecule has 0 radical (unpaired) electrons. The Morgan fingerprint density at radius 1 is 1.12 bits per heavy atom. The van der Waals surface area contributed by atoms with Crippen molar-refractivity contribution < 1.29 is 14.3 Å². The molecule has 1 aliphatic heterocycles. The summed E-state index contributed by atoms with van der Waals surface area (Å²) in [5.74, 6) is 0.851. The molecule has 11 heteroatoms. The van der Waals surface area contributed by atoms with E-state index in [1.807, 2.05) is 76.3 Å². The van der Waals surface area contributed by atoms with E-state index in [-0.39, 0.29) is 18.0 Å². The van der Waals surface area contributed by atoms with Crippen molar-refractivity contribution in [2.45, 2.75) is 52.7 Å². The summed E-state index contributed by atoms with van der Waals surface area (Å²) < 4.78 is 7.45. The van der Waals surface area contributed by atoms with Crippen LogP contribution in [-0.2, 0) is 4.74 Å². The molecule has 2 N–H and O–H groups in total. The lowest BCUT2D eigenvalue weighted by Gasteiger charge is -2.29. The summed E-state index contributed by atoms with van der Waals surface area (Å²) in [4.78, 5) is 44.6. The number of carbonyl (C=O) groups is 2. The van der Waals surface area contributed by atoms with Gasteiger partial charge >= 0.3 is 6.09 Å². The number of ether oxygens (including phenoxy) is 1. The highest BCUT2D eigenvalue weighted by molar-refractivity contribution is 6.14.